The second-order valence-electron chi connectivity index (χ2n) is 5.73. The molecule has 1 aromatic heterocycles. The van der Waals surface area contributed by atoms with E-state index in [0.717, 1.165) is 34.9 Å². The van der Waals surface area contributed by atoms with Gasteiger partial charge in [0.15, 0.2) is 0 Å². The Bertz CT molecular complexity index is 612. The van der Waals surface area contributed by atoms with Crippen molar-refractivity contribution in [2.24, 2.45) is 5.73 Å². The summed E-state index contributed by atoms with van der Waals surface area (Å²) in [6, 6.07) is 6.20. The summed E-state index contributed by atoms with van der Waals surface area (Å²) in [6.07, 6.45) is 9.51. The maximum absolute atomic E-state index is 6.57. The van der Waals surface area contributed by atoms with Crippen molar-refractivity contribution in [2.45, 2.75) is 44.6 Å². The van der Waals surface area contributed by atoms with Crippen molar-refractivity contribution in [1.29, 1.82) is 0 Å². The third kappa shape index (κ3) is 2.36. The minimum atomic E-state index is -0.204. The van der Waals surface area contributed by atoms with E-state index in [1.54, 1.807) is 6.20 Å². The third-order valence-corrected chi connectivity index (χ3v) is 4.66. The number of aromatic nitrogens is 2. The molecule has 1 aliphatic rings. The van der Waals surface area contributed by atoms with Crippen LogP contribution < -0.4 is 5.73 Å². The van der Waals surface area contributed by atoms with Crippen molar-refractivity contribution < 1.29 is 0 Å². The second kappa shape index (κ2) is 5.23. The van der Waals surface area contributed by atoms with Crippen LogP contribution in [-0.4, -0.2) is 9.55 Å². The van der Waals surface area contributed by atoms with Gasteiger partial charge >= 0.3 is 0 Å². The van der Waals surface area contributed by atoms with Crippen LogP contribution in [0.4, 0.5) is 0 Å². The summed E-state index contributed by atoms with van der Waals surface area (Å²) in [6.45, 7) is 1.97. The van der Waals surface area contributed by atoms with E-state index in [1.165, 1.54) is 19.3 Å². The average molecular weight is 290 g/mol. The number of imidazole rings is 1. The second-order valence-corrected chi connectivity index (χ2v) is 6.13. The lowest BCUT2D eigenvalue weighted by Crippen LogP contribution is -2.38. The number of rotatable bonds is 2. The first-order chi connectivity index (χ1) is 9.60. The quantitative estimate of drug-likeness (QED) is 0.909. The third-order valence-electron chi connectivity index (χ3n) is 4.35. The Balaban J connectivity index is 1.97. The fourth-order valence-corrected chi connectivity index (χ4v) is 3.39. The van der Waals surface area contributed by atoms with Crippen molar-refractivity contribution in [1.82, 2.24) is 9.55 Å². The SMILES string of the molecule is Cc1nccn1-c1ccc(C2(N)CCCCC2)cc1Cl. The van der Waals surface area contributed by atoms with Gasteiger partial charge in [0, 0.05) is 17.9 Å². The van der Waals surface area contributed by atoms with E-state index in [0.29, 0.717) is 0 Å². The molecule has 0 saturated heterocycles. The van der Waals surface area contributed by atoms with E-state index in [-0.39, 0.29) is 5.54 Å². The van der Waals surface area contributed by atoms with Gasteiger partial charge in [-0.05, 0) is 37.5 Å². The fraction of sp³-hybridized carbons (Fsp3) is 0.438. The largest absolute Gasteiger partial charge is 0.321 e. The van der Waals surface area contributed by atoms with Crippen LogP contribution in [0.1, 0.15) is 43.5 Å². The zero-order chi connectivity index (χ0) is 14.2. The summed E-state index contributed by atoms with van der Waals surface area (Å²) >= 11 is 6.47. The van der Waals surface area contributed by atoms with Gasteiger partial charge in [0.2, 0.25) is 0 Å². The zero-order valence-electron chi connectivity index (χ0n) is 11.8. The molecule has 2 aromatic rings. The molecule has 0 bridgehead atoms. The lowest BCUT2D eigenvalue weighted by molar-refractivity contribution is 0.302. The van der Waals surface area contributed by atoms with Crippen LogP contribution >= 0.6 is 11.6 Å². The number of nitrogens with zero attached hydrogens (tertiary/aromatic N) is 2. The summed E-state index contributed by atoms with van der Waals surface area (Å²) in [7, 11) is 0. The topological polar surface area (TPSA) is 43.8 Å². The molecular formula is C16H20ClN3. The molecule has 0 radical (unpaired) electrons. The predicted octanol–water partition coefficient (Wildman–Crippen LogP) is 3.95. The number of aryl methyl sites for hydroxylation is 1. The molecule has 0 amide bonds. The Hall–Kier alpha value is -1.32. The van der Waals surface area contributed by atoms with Crippen LogP contribution in [-0.2, 0) is 5.54 Å². The Kier molecular flexibility index (Phi) is 3.57. The van der Waals surface area contributed by atoms with Gasteiger partial charge in [-0.3, -0.25) is 0 Å². The molecule has 0 aliphatic heterocycles. The van der Waals surface area contributed by atoms with Gasteiger partial charge in [-0.1, -0.05) is 36.9 Å². The van der Waals surface area contributed by atoms with E-state index in [1.807, 2.05) is 23.8 Å². The van der Waals surface area contributed by atoms with Crippen LogP contribution in [0.25, 0.3) is 5.69 Å². The van der Waals surface area contributed by atoms with Crippen molar-refractivity contribution in [3.05, 3.63) is 47.0 Å². The van der Waals surface area contributed by atoms with Gasteiger partial charge in [0.05, 0.1) is 10.7 Å². The standard InChI is InChI=1S/C16H20ClN3/c1-12-19-9-10-20(12)15-6-5-13(11-14(15)17)16(18)7-3-2-4-8-16/h5-6,9-11H,2-4,7-8,18H2,1H3. The number of nitrogens with two attached hydrogens (primary N) is 1. The number of benzene rings is 1. The molecule has 4 heteroatoms. The summed E-state index contributed by atoms with van der Waals surface area (Å²) in [5.74, 6) is 0.930. The number of halogens is 1. The molecule has 1 heterocycles. The van der Waals surface area contributed by atoms with Gasteiger partial charge in [-0.25, -0.2) is 4.98 Å². The maximum atomic E-state index is 6.57. The van der Waals surface area contributed by atoms with E-state index < -0.39 is 0 Å². The minimum absolute atomic E-state index is 0.204. The molecule has 1 saturated carbocycles. The highest BCUT2D eigenvalue weighted by Crippen LogP contribution is 2.36. The lowest BCUT2D eigenvalue weighted by Gasteiger charge is -2.34. The minimum Gasteiger partial charge on any atom is -0.321 e. The first-order valence-corrected chi connectivity index (χ1v) is 7.57. The smallest absolute Gasteiger partial charge is 0.110 e. The van der Waals surface area contributed by atoms with Gasteiger partial charge < -0.3 is 10.3 Å². The van der Waals surface area contributed by atoms with Crippen molar-refractivity contribution in [2.75, 3.05) is 0 Å². The van der Waals surface area contributed by atoms with Crippen molar-refractivity contribution in [3.8, 4) is 5.69 Å². The lowest BCUT2D eigenvalue weighted by atomic mass is 9.77. The average Bonchev–Trinajstić information content (AvgIpc) is 2.86. The highest BCUT2D eigenvalue weighted by Gasteiger charge is 2.29. The Morgan fingerprint density at radius 3 is 2.60 bits per heavy atom. The summed E-state index contributed by atoms with van der Waals surface area (Å²) < 4.78 is 2.00. The van der Waals surface area contributed by atoms with Crippen LogP contribution in [0.2, 0.25) is 5.02 Å². The van der Waals surface area contributed by atoms with Crippen LogP contribution in [0, 0.1) is 6.92 Å². The molecule has 2 N–H and O–H groups in total. The van der Waals surface area contributed by atoms with E-state index >= 15 is 0 Å². The zero-order valence-corrected chi connectivity index (χ0v) is 12.5. The maximum Gasteiger partial charge on any atom is 0.110 e. The van der Waals surface area contributed by atoms with Gasteiger partial charge in [-0.15, -0.1) is 0 Å². The van der Waals surface area contributed by atoms with Crippen LogP contribution in [0.5, 0.6) is 0 Å². The predicted molar refractivity (Wildman–Crippen MR) is 82.3 cm³/mol. The van der Waals surface area contributed by atoms with Crippen LogP contribution in [0.3, 0.4) is 0 Å². The summed E-state index contributed by atoms with van der Waals surface area (Å²) in [4.78, 5) is 4.24. The number of hydrogen-bond acceptors (Lipinski definition) is 2. The first-order valence-electron chi connectivity index (χ1n) is 7.19. The summed E-state index contributed by atoms with van der Waals surface area (Å²) in [5, 5.41) is 0.735. The molecular weight excluding hydrogens is 270 g/mol. The van der Waals surface area contributed by atoms with Crippen molar-refractivity contribution in [3.63, 3.8) is 0 Å². The molecule has 1 fully saturated rings. The fourth-order valence-electron chi connectivity index (χ4n) is 3.12. The normalized spacial score (nSPS) is 18.1. The molecule has 0 spiro atoms. The van der Waals surface area contributed by atoms with Gasteiger partial charge in [0.1, 0.15) is 5.82 Å². The van der Waals surface area contributed by atoms with Gasteiger partial charge in [-0.2, -0.15) is 0 Å². The molecule has 3 nitrogen and oxygen atoms in total. The molecule has 0 atom stereocenters. The van der Waals surface area contributed by atoms with E-state index in [9.17, 15) is 0 Å². The monoisotopic (exact) mass is 289 g/mol. The Labute approximate surface area is 124 Å². The molecule has 0 unspecified atom stereocenters. The van der Waals surface area contributed by atoms with E-state index in [2.05, 4.69) is 17.1 Å². The highest BCUT2D eigenvalue weighted by atomic mass is 35.5. The van der Waals surface area contributed by atoms with Crippen LogP contribution in [0.15, 0.2) is 30.6 Å². The molecule has 1 aromatic carbocycles. The number of hydrogen-bond donors (Lipinski definition) is 1. The molecule has 1 aliphatic carbocycles. The summed E-state index contributed by atoms with van der Waals surface area (Å²) in [5.41, 5.74) is 8.49. The Morgan fingerprint density at radius 1 is 1.25 bits per heavy atom. The van der Waals surface area contributed by atoms with Crippen molar-refractivity contribution >= 4 is 11.6 Å². The molecule has 106 valence electrons. The molecule has 3 rings (SSSR count). The first kappa shape index (κ1) is 13.7. The molecule has 20 heavy (non-hydrogen) atoms. The highest BCUT2D eigenvalue weighted by molar-refractivity contribution is 6.32. The Morgan fingerprint density at radius 2 is 2.00 bits per heavy atom. The van der Waals surface area contributed by atoms with Gasteiger partial charge in [0.25, 0.3) is 0 Å². The van der Waals surface area contributed by atoms with E-state index in [4.69, 9.17) is 17.3 Å².